The van der Waals surface area contributed by atoms with E-state index in [9.17, 15) is 17.6 Å². The summed E-state index contributed by atoms with van der Waals surface area (Å²) in [6.07, 6.45) is -4.57. The smallest absolute Gasteiger partial charge is 0.206 e. The molecule has 0 spiro atoms. The summed E-state index contributed by atoms with van der Waals surface area (Å²) in [7, 11) is 1.93. The fourth-order valence-electron chi connectivity index (χ4n) is 0.748. The summed E-state index contributed by atoms with van der Waals surface area (Å²) in [5.74, 6) is -0.982. The van der Waals surface area contributed by atoms with E-state index in [1.165, 1.54) is 0 Å². The average molecular weight is 231 g/mol. The zero-order chi connectivity index (χ0) is 10.2. The third kappa shape index (κ3) is 2.32. The molecule has 0 bridgehead atoms. The van der Waals surface area contributed by atoms with Gasteiger partial charge >= 0.3 is 6.18 Å². The zero-order valence-electron chi connectivity index (χ0n) is 6.12. The van der Waals surface area contributed by atoms with Crippen LogP contribution in [-0.2, 0) is 6.18 Å². The van der Waals surface area contributed by atoms with Gasteiger partial charge in [0.15, 0.2) is 0 Å². The predicted octanol–water partition coefficient (Wildman–Crippen LogP) is 3.00. The Kier molecular flexibility index (Phi) is 2.83. The van der Waals surface area contributed by atoms with Gasteiger partial charge in [0.05, 0.1) is 10.6 Å². The molecule has 0 radical (unpaired) electrons. The lowest BCUT2D eigenvalue weighted by Gasteiger charge is -2.08. The minimum absolute atomic E-state index is 0.0605. The Morgan fingerprint density at radius 2 is 1.77 bits per heavy atom. The molecule has 0 heterocycles. The van der Waals surface area contributed by atoms with E-state index in [1.807, 2.05) is 9.24 Å². The van der Waals surface area contributed by atoms with Crippen molar-refractivity contribution in [3.63, 3.8) is 0 Å². The summed E-state index contributed by atoms with van der Waals surface area (Å²) in [6, 6.07) is 1.10. The van der Waals surface area contributed by atoms with Crippen LogP contribution in [0.2, 0.25) is 5.02 Å². The normalized spacial score (nSPS) is 11.8. The molecule has 72 valence electrons. The van der Waals surface area contributed by atoms with E-state index in [1.54, 1.807) is 0 Å². The highest BCUT2D eigenvalue weighted by Gasteiger charge is 2.31. The first kappa shape index (κ1) is 10.7. The first-order valence-corrected chi connectivity index (χ1v) is 4.09. The second-order valence-corrected chi connectivity index (χ2v) is 3.34. The van der Waals surface area contributed by atoms with Gasteiger partial charge < -0.3 is 0 Å². The average Bonchev–Trinajstić information content (AvgIpc) is 1.97. The van der Waals surface area contributed by atoms with E-state index in [0.717, 1.165) is 0 Å². The Labute approximate surface area is 79.1 Å². The van der Waals surface area contributed by atoms with Crippen molar-refractivity contribution in [2.24, 2.45) is 0 Å². The largest absolute Gasteiger partial charge is 0.416 e. The summed E-state index contributed by atoms with van der Waals surface area (Å²) in [5.41, 5.74) is -1.08. The Hall–Kier alpha value is -0.340. The van der Waals surface area contributed by atoms with Crippen LogP contribution in [-0.4, -0.2) is 0 Å². The highest BCUT2D eigenvalue weighted by Crippen LogP contribution is 2.31. The molecule has 1 aromatic rings. The Morgan fingerprint density at radius 3 is 2.15 bits per heavy atom. The molecular weight excluding hydrogens is 226 g/mol. The third-order valence-electron chi connectivity index (χ3n) is 1.41. The minimum atomic E-state index is -4.57. The van der Waals surface area contributed by atoms with Crippen LogP contribution in [0.25, 0.3) is 0 Å². The van der Waals surface area contributed by atoms with E-state index in [4.69, 9.17) is 11.6 Å². The summed E-state index contributed by atoms with van der Waals surface area (Å²) >= 11 is 5.36. The van der Waals surface area contributed by atoms with Crippen LogP contribution < -0.4 is 5.30 Å². The van der Waals surface area contributed by atoms with Gasteiger partial charge in [0.1, 0.15) is 5.82 Å². The summed E-state index contributed by atoms with van der Waals surface area (Å²) < 4.78 is 48.9. The van der Waals surface area contributed by atoms with Crippen molar-refractivity contribution in [1.82, 2.24) is 0 Å². The van der Waals surface area contributed by atoms with Gasteiger partial charge in [0.2, 0.25) is 0 Å². The fourth-order valence-corrected chi connectivity index (χ4v) is 1.12. The van der Waals surface area contributed by atoms with Crippen LogP contribution in [0.15, 0.2) is 12.1 Å². The van der Waals surface area contributed by atoms with E-state index < -0.39 is 17.6 Å². The molecule has 1 aromatic carbocycles. The van der Waals surface area contributed by atoms with Crippen molar-refractivity contribution in [3.05, 3.63) is 28.5 Å². The Morgan fingerprint density at radius 1 is 1.23 bits per heavy atom. The third-order valence-corrected chi connectivity index (χ3v) is 2.49. The van der Waals surface area contributed by atoms with Gasteiger partial charge in [0.25, 0.3) is 0 Å². The maximum atomic E-state index is 12.8. The van der Waals surface area contributed by atoms with E-state index in [2.05, 4.69) is 0 Å². The number of halogens is 5. The molecule has 0 aliphatic heterocycles. The molecule has 0 amide bonds. The Balaban J connectivity index is 3.29. The monoisotopic (exact) mass is 230 g/mol. The topological polar surface area (TPSA) is 0 Å². The van der Waals surface area contributed by atoms with Crippen LogP contribution in [0.3, 0.4) is 0 Å². The van der Waals surface area contributed by atoms with E-state index >= 15 is 0 Å². The number of benzene rings is 1. The maximum absolute atomic E-state index is 12.8. The Bertz CT molecular complexity index is 311. The molecule has 0 saturated heterocycles. The van der Waals surface area contributed by atoms with Crippen molar-refractivity contribution >= 4 is 26.1 Å². The first-order valence-electron chi connectivity index (χ1n) is 3.14. The van der Waals surface area contributed by atoms with Gasteiger partial charge in [-0.15, -0.1) is 9.24 Å². The van der Waals surface area contributed by atoms with Crippen molar-refractivity contribution in [2.45, 2.75) is 6.18 Å². The molecule has 1 rings (SSSR count). The molecule has 0 aromatic heterocycles. The van der Waals surface area contributed by atoms with Crippen molar-refractivity contribution < 1.29 is 17.6 Å². The van der Waals surface area contributed by atoms with Crippen LogP contribution in [0, 0.1) is 5.82 Å². The number of alkyl halides is 3. The zero-order valence-corrected chi connectivity index (χ0v) is 8.03. The van der Waals surface area contributed by atoms with Gasteiger partial charge in [-0.3, -0.25) is 0 Å². The van der Waals surface area contributed by atoms with Gasteiger partial charge in [0, 0.05) is 5.30 Å². The standard InChI is InChI=1S/C7H4ClF4P/c8-4-1-3(7(10,11)12)2-5(9)6(4)13/h1-2H,13H2. The second-order valence-electron chi connectivity index (χ2n) is 2.35. The van der Waals surface area contributed by atoms with Crippen LogP contribution >= 0.6 is 20.8 Å². The van der Waals surface area contributed by atoms with Crippen molar-refractivity contribution in [3.8, 4) is 0 Å². The number of rotatable bonds is 0. The number of hydrogen-bond donors (Lipinski definition) is 0. The lowest BCUT2D eigenvalue weighted by atomic mass is 10.2. The van der Waals surface area contributed by atoms with Crippen LogP contribution in [0.5, 0.6) is 0 Å². The summed E-state index contributed by atoms with van der Waals surface area (Å²) in [4.78, 5) is 0. The molecule has 1 atom stereocenters. The van der Waals surface area contributed by atoms with E-state index in [-0.39, 0.29) is 10.3 Å². The lowest BCUT2D eigenvalue weighted by molar-refractivity contribution is -0.137. The quantitative estimate of drug-likeness (QED) is 0.475. The van der Waals surface area contributed by atoms with Gasteiger partial charge in [-0.2, -0.15) is 13.2 Å². The highest BCUT2D eigenvalue weighted by atomic mass is 35.5. The second kappa shape index (κ2) is 3.43. The lowest BCUT2D eigenvalue weighted by Crippen LogP contribution is -2.10. The van der Waals surface area contributed by atoms with Gasteiger partial charge in [-0.1, -0.05) is 11.6 Å². The molecule has 0 aliphatic carbocycles. The molecule has 0 fully saturated rings. The van der Waals surface area contributed by atoms with Crippen LogP contribution in [0.1, 0.15) is 5.56 Å². The molecule has 0 saturated carbocycles. The summed E-state index contributed by atoms with van der Waals surface area (Å²) in [6.45, 7) is 0. The van der Waals surface area contributed by atoms with E-state index in [0.29, 0.717) is 12.1 Å². The molecule has 0 aliphatic rings. The highest BCUT2D eigenvalue weighted by molar-refractivity contribution is 7.28. The van der Waals surface area contributed by atoms with Crippen LogP contribution in [0.4, 0.5) is 17.6 Å². The molecule has 0 nitrogen and oxygen atoms in total. The van der Waals surface area contributed by atoms with Crippen molar-refractivity contribution in [2.75, 3.05) is 0 Å². The summed E-state index contributed by atoms with van der Waals surface area (Å²) in [5, 5.41) is -0.313. The molecule has 6 heteroatoms. The molecular formula is C7H4ClF4P. The molecule has 0 N–H and O–H groups in total. The fraction of sp³-hybridized carbons (Fsp3) is 0.143. The molecule has 13 heavy (non-hydrogen) atoms. The van der Waals surface area contributed by atoms with Crippen molar-refractivity contribution in [1.29, 1.82) is 0 Å². The molecule has 1 unspecified atom stereocenters. The SMILES string of the molecule is Fc1cc(C(F)(F)F)cc(Cl)c1P. The number of hydrogen-bond acceptors (Lipinski definition) is 0. The maximum Gasteiger partial charge on any atom is 0.416 e. The van der Waals surface area contributed by atoms with Gasteiger partial charge in [-0.25, -0.2) is 4.39 Å². The minimum Gasteiger partial charge on any atom is -0.206 e. The predicted molar refractivity (Wildman–Crippen MR) is 45.8 cm³/mol. The van der Waals surface area contributed by atoms with Gasteiger partial charge in [-0.05, 0) is 12.1 Å². The first-order chi connectivity index (χ1) is 5.82.